The van der Waals surface area contributed by atoms with Crippen molar-refractivity contribution in [1.29, 1.82) is 0 Å². The Morgan fingerprint density at radius 2 is 1.87 bits per heavy atom. The van der Waals surface area contributed by atoms with Gasteiger partial charge in [-0.25, -0.2) is 0 Å². The fourth-order valence-corrected chi connectivity index (χ4v) is 3.42. The van der Waals surface area contributed by atoms with Crippen molar-refractivity contribution < 1.29 is 9.53 Å². The van der Waals surface area contributed by atoms with Gasteiger partial charge in [-0.15, -0.1) is 11.3 Å². The van der Waals surface area contributed by atoms with Crippen LogP contribution < -0.4 is 0 Å². The summed E-state index contributed by atoms with van der Waals surface area (Å²) in [6.07, 6.45) is 1.76. The second-order valence-corrected chi connectivity index (χ2v) is 5.46. The molecule has 1 aromatic rings. The SMILES string of the molecule is CCOC(=O)C1Cc2c(C)sc(C)c2C1. The van der Waals surface area contributed by atoms with Crippen LogP contribution >= 0.6 is 11.3 Å². The van der Waals surface area contributed by atoms with Gasteiger partial charge in [0.25, 0.3) is 0 Å². The number of esters is 1. The molecule has 0 fully saturated rings. The Hall–Kier alpha value is -0.830. The van der Waals surface area contributed by atoms with Crippen molar-refractivity contribution in [3.63, 3.8) is 0 Å². The minimum atomic E-state index is -0.0301. The van der Waals surface area contributed by atoms with Crippen LogP contribution in [-0.2, 0) is 22.4 Å². The lowest BCUT2D eigenvalue weighted by Crippen LogP contribution is -2.18. The summed E-state index contributed by atoms with van der Waals surface area (Å²) in [6.45, 7) is 6.63. The smallest absolute Gasteiger partial charge is 0.309 e. The lowest BCUT2D eigenvalue weighted by Gasteiger charge is -2.08. The first-order chi connectivity index (χ1) is 7.13. The molecule has 1 aromatic heterocycles. The molecule has 0 saturated heterocycles. The predicted octanol–water partition coefficient (Wildman–Crippen LogP) is 2.64. The molecule has 2 nitrogen and oxygen atoms in total. The zero-order valence-corrected chi connectivity index (χ0v) is 10.2. The summed E-state index contributed by atoms with van der Waals surface area (Å²) in [5.74, 6) is 0.0400. The number of ether oxygens (including phenoxy) is 1. The fraction of sp³-hybridized carbons (Fsp3) is 0.583. The first-order valence-corrected chi connectivity index (χ1v) is 6.19. The van der Waals surface area contributed by atoms with Crippen LogP contribution in [0.3, 0.4) is 0 Å². The highest BCUT2D eigenvalue weighted by Gasteiger charge is 2.31. The Morgan fingerprint density at radius 1 is 1.33 bits per heavy atom. The van der Waals surface area contributed by atoms with E-state index >= 15 is 0 Å². The van der Waals surface area contributed by atoms with Gasteiger partial charge in [0.2, 0.25) is 0 Å². The van der Waals surface area contributed by atoms with E-state index in [4.69, 9.17) is 4.74 Å². The summed E-state index contributed by atoms with van der Waals surface area (Å²) in [4.78, 5) is 14.4. The van der Waals surface area contributed by atoms with Crippen LogP contribution in [0.1, 0.15) is 27.8 Å². The van der Waals surface area contributed by atoms with E-state index in [0.717, 1.165) is 12.8 Å². The van der Waals surface area contributed by atoms with Crippen molar-refractivity contribution in [2.75, 3.05) is 6.61 Å². The van der Waals surface area contributed by atoms with Gasteiger partial charge in [-0.05, 0) is 44.7 Å². The van der Waals surface area contributed by atoms with Crippen molar-refractivity contribution in [1.82, 2.24) is 0 Å². The molecule has 0 unspecified atom stereocenters. The van der Waals surface area contributed by atoms with E-state index in [2.05, 4.69) is 13.8 Å². The number of aryl methyl sites for hydroxylation is 2. The van der Waals surface area contributed by atoms with Gasteiger partial charge in [0.05, 0.1) is 12.5 Å². The summed E-state index contributed by atoms with van der Waals surface area (Å²) in [6, 6.07) is 0. The number of rotatable bonds is 2. The first-order valence-electron chi connectivity index (χ1n) is 5.37. The van der Waals surface area contributed by atoms with Crippen molar-refractivity contribution in [2.45, 2.75) is 33.6 Å². The third-order valence-corrected chi connectivity index (χ3v) is 4.15. The predicted molar refractivity (Wildman–Crippen MR) is 61.3 cm³/mol. The Morgan fingerprint density at radius 3 is 2.33 bits per heavy atom. The second-order valence-electron chi connectivity index (χ2n) is 4.03. The molecule has 0 atom stereocenters. The minimum absolute atomic E-state index is 0.0301. The van der Waals surface area contributed by atoms with Gasteiger partial charge in [0.15, 0.2) is 0 Å². The summed E-state index contributed by atoms with van der Waals surface area (Å²) < 4.78 is 5.07. The largest absolute Gasteiger partial charge is 0.466 e. The van der Waals surface area contributed by atoms with Crippen LogP contribution in [0.5, 0.6) is 0 Å². The molecule has 1 heterocycles. The topological polar surface area (TPSA) is 26.3 Å². The molecule has 1 aliphatic carbocycles. The third-order valence-electron chi connectivity index (χ3n) is 3.04. The van der Waals surface area contributed by atoms with Gasteiger partial charge < -0.3 is 4.74 Å². The van der Waals surface area contributed by atoms with Gasteiger partial charge in [-0.1, -0.05) is 0 Å². The van der Waals surface area contributed by atoms with Crippen molar-refractivity contribution in [3.05, 3.63) is 20.9 Å². The lowest BCUT2D eigenvalue weighted by atomic mass is 10.1. The average Bonchev–Trinajstić information content (AvgIpc) is 2.70. The second kappa shape index (κ2) is 3.97. The number of thiophene rings is 1. The van der Waals surface area contributed by atoms with E-state index in [-0.39, 0.29) is 11.9 Å². The van der Waals surface area contributed by atoms with Gasteiger partial charge in [0.1, 0.15) is 0 Å². The first kappa shape index (κ1) is 10.7. The Balaban J connectivity index is 2.16. The molecule has 2 rings (SSSR count). The molecule has 82 valence electrons. The standard InChI is InChI=1S/C12H16O2S/c1-4-14-12(13)9-5-10-7(2)15-8(3)11(10)6-9/h9H,4-6H2,1-3H3. The molecule has 0 spiro atoms. The molecule has 1 aliphatic rings. The maximum absolute atomic E-state index is 11.6. The summed E-state index contributed by atoms with van der Waals surface area (Å²) in [7, 11) is 0. The van der Waals surface area contributed by atoms with Crippen molar-refractivity contribution >= 4 is 17.3 Å². The maximum atomic E-state index is 11.6. The van der Waals surface area contributed by atoms with Gasteiger partial charge >= 0.3 is 5.97 Å². The van der Waals surface area contributed by atoms with Crippen molar-refractivity contribution in [2.24, 2.45) is 5.92 Å². The average molecular weight is 224 g/mol. The number of carbonyl (C=O) groups excluding carboxylic acids is 1. The van der Waals surface area contributed by atoms with E-state index in [9.17, 15) is 4.79 Å². The van der Waals surface area contributed by atoms with E-state index in [0.29, 0.717) is 6.61 Å². The molecule has 0 saturated carbocycles. The van der Waals surface area contributed by atoms with Crippen molar-refractivity contribution in [3.8, 4) is 0 Å². The Labute approximate surface area is 94.3 Å². The van der Waals surface area contributed by atoms with E-state index in [1.165, 1.54) is 20.9 Å². The Bertz CT molecular complexity index is 366. The maximum Gasteiger partial charge on any atom is 0.309 e. The van der Waals surface area contributed by atoms with Gasteiger partial charge in [0, 0.05) is 9.75 Å². The van der Waals surface area contributed by atoms with E-state index in [1.807, 2.05) is 18.3 Å². The van der Waals surface area contributed by atoms with Crippen LogP contribution in [0.15, 0.2) is 0 Å². The van der Waals surface area contributed by atoms with E-state index < -0.39 is 0 Å². The zero-order chi connectivity index (χ0) is 11.0. The molecule has 0 radical (unpaired) electrons. The fourth-order valence-electron chi connectivity index (χ4n) is 2.30. The number of hydrogen-bond donors (Lipinski definition) is 0. The third kappa shape index (κ3) is 1.81. The number of hydrogen-bond acceptors (Lipinski definition) is 3. The minimum Gasteiger partial charge on any atom is -0.466 e. The summed E-state index contributed by atoms with van der Waals surface area (Å²) in [5, 5.41) is 0. The Kier molecular flexibility index (Phi) is 2.83. The molecular weight excluding hydrogens is 208 g/mol. The number of carbonyl (C=O) groups is 1. The molecule has 3 heteroatoms. The van der Waals surface area contributed by atoms with Crippen LogP contribution in [0, 0.1) is 19.8 Å². The molecule has 15 heavy (non-hydrogen) atoms. The zero-order valence-electron chi connectivity index (χ0n) is 9.42. The highest BCUT2D eigenvalue weighted by molar-refractivity contribution is 7.12. The molecule has 0 N–H and O–H groups in total. The molecule has 0 bridgehead atoms. The summed E-state index contributed by atoms with van der Waals surface area (Å²) in [5.41, 5.74) is 2.80. The van der Waals surface area contributed by atoms with Crippen LogP contribution in [0.25, 0.3) is 0 Å². The van der Waals surface area contributed by atoms with Crippen LogP contribution in [0.4, 0.5) is 0 Å². The number of fused-ring (bicyclic) bond motifs is 1. The monoisotopic (exact) mass is 224 g/mol. The van der Waals surface area contributed by atoms with Gasteiger partial charge in [-0.3, -0.25) is 4.79 Å². The molecule has 0 amide bonds. The van der Waals surface area contributed by atoms with Gasteiger partial charge in [-0.2, -0.15) is 0 Å². The lowest BCUT2D eigenvalue weighted by molar-refractivity contribution is -0.147. The quantitative estimate of drug-likeness (QED) is 0.722. The molecule has 0 aromatic carbocycles. The highest BCUT2D eigenvalue weighted by atomic mass is 32.1. The van der Waals surface area contributed by atoms with E-state index in [1.54, 1.807) is 0 Å². The normalized spacial score (nSPS) is 15.4. The highest BCUT2D eigenvalue weighted by Crippen LogP contribution is 2.37. The summed E-state index contributed by atoms with van der Waals surface area (Å²) >= 11 is 1.85. The van der Waals surface area contributed by atoms with Crippen LogP contribution in [0.2, 0.25) is 0 Å². The molecular formula is C12H16O2S. The van der Waals surface area contributed by atoms with Crippen LogP contribution in [-0.4, -0.2) is 12.6 Å². The molecule has 0 aliphatic heterocycles.